The molecule has 1 N–H and O–H groups in total. The smallest absolute Gasteiger partial charge is 0.120 e. The summed E-state index contributed by atoms with van der Waals surface area (Å²) in [5.41, 5.74) is 0. The Hall–Kier alpha value is -1.22. The van der Waals surface area contributed by atoms with E-state index in [0.717, 1.165) is 17.9 Å². The van der Waals surface area contributed by atoms with Gasteiger partial charge in [0.15, 0.2) is 0 Å². The molecular formula is C13H21NO2. The van der Waals surface area contributed by atoms with Crippen LogP contribution in [0.15, 0.2) is 24.3 Å². The summed E-state index contributed by atoms with van der Waals surface area (Å²) < 4.78 is 10.9. The summed E-state index contributed by atoms with van der Waals surface area (Å²) >= 11 is 0. The van der Waals surface area contributed by atoms with E-state index in [2.05, 4.69) is 19.2 Å². The van der Waals surface area contributed by atoms with Crippen LogP contribution in [0.3, 0.4) is 0 Å². The molecule has 3 nitrogen and oxygen atoms in total. The summed E-state index contributed by atoms with van der Waals surface area (Å²) in [5, 5.41) is 3.24. The van der Waals surface area contributed by atoms with Crippen LogP contribution in [-0.2, 0) is 0 Å². The molecule has 0 fully saturated rings. The second kappa shape index (κ2) is 6.38. The van der Waals surface area contributed by atoms with Crippen LogP contribution < -0.4 is 14.8 Å². The third-order valence-corrected chi connectivity index (χ3v) is 2.76. The Labute approximate surface area is 97.8 Å². The van der Waals surface area contributed by atoms with Crippen LogP contribution in [-0.4, -0.2) is 26.3 Å². The highest BCUT2D eigenvalue weighted by Crippen LogP contribution is 2.19. The minimum atomic E-state index is 0.156. The lowest BCUT2D eigenvalue weighted by Gasteiger charge is -2.23. The van der Waals surface area contributed by atoms with Gasteiger partial charge < -0.3 is 14.8 Å². The summed E-state index contributed by atoms with van der Waals surface area (Å²) in [6.07, 6.45) is 1.21. The van der Waals surface area contributed by atoms with Gasteiger partial charge in [-0.05, 0) is 44.7 Å². The zero-order valence-corrected chi connectivity index (χ0v) is 10.5. The Morgan fingerprint density at radius 1 is 1.19 bits per heavy atom. The highest BCUT2D eigenvalue weighted by atomic mass is 16.5. The first kappa shape index (κ1) is 12.8. The summed E-state index contributed by atoms with van der Waals surface area (Å²) in [5.74, 6) is 1.72. The van der Waals surface area contributed by atoms with Crippen molar-refractivity contribution in [2.24, 2.45) is 0 Å². The van der Waals surface area contributed by atoms with E-state index in [4.69, 9.17) is 9.47 Å². The normalized spacial score (nSPS) is 14.2. The molecule has 0 amide bonds. The molecule has 0 saturated carbocycles. The Bertz CT molecular complexity index is 293. The first-order valence-electron chi connectivity index (χ1n) is 5.69. The van der Waals surface area contributed by atoms with Crippen molar-refractivity contribution in [3.63, 3.8) is 0 Å². The molecule has 90 valence electrons. The second-order valence-electron chi connectivity index (χ2n) is 3.80. The number of ether oxygens (including phenoxy) is 2. The van der Waals surface area contributed by atoms with Crippen LogP contribution in [0.5, 0.6) is 11.5 Å². The van der Waals surface area contributed by atoms with E-state index >= 15 is 0 Å². The van der Waals surface area contributed by atoms with Gasteiger partial charge in [-0.25, -0.2) is 0 Å². The monoisotopic (exact) mass is 223 g/mol. The number of nitrogens with one attached hydrogen (secondary N) is 1. The molecule has 2 atom stereocenters. The van der Waals surface area contributed by atoms with E-state index in [1.165, 1.54) is 0 Å². The first-order chi connectivity index (χ1) is 7.71. The fraction of sp³-hybridized carbons (Fsp3) is 0.538. The van der Waals surface area contributed by atoms with Crippen LogP contribution in [0.1, 0.15) is 20.3 Å². The van der Waals surface area contributed by atoms with Gasteiger partial charge in [0.05, 0.1) is 7.11 Å². The van der Waals surface area contributed by atoms with Gasteiger partial charge in [0, 0.05) is 6.04 Å². The maximum atomic E-state index is 5.84. The maximum absolute atomic E-state index is 5.84. The van der Waals surface area contributed by atoms with Crippen molar-refractivity contribution >= 4 is 0 Å². The molecule has 16 heavy (non-hydrogen) atoms. The van der Waals surface area contributed by atoms with Gasteiger partial charge in [0.2, 0.25) is 0 Å². The largest absolute Gasteiger partial charge is 0.497 e. The molecule has 0 aliphatic heterocycles. The quantitative estimate of drug-likeness (QED) is 0.803. The highest BCUT2D eigenvalue weighted by molar-refractivity contribution is 5.31. The van der Waals surface area contributed by atoms with Gasteiger partial charge >= 0.3 is 0 Å². The summed E-state index contributed by atoms with van der Waals surface area (Å²) in [4.78, 5) is 0. The minimum Gasteiger partial charge on any atom is -0.497 e. The Morgan fingerprint density at radius 3 is 2.19 bits per heavy atom. The maximum Gasteiger partial charge on any atom is 0.120 e. The van der Waals surface area contributed by atoms with Gasteiger partial charge in [0.1, 0.15) is 17.6 Å². The number of benzene rings is 1. The van der Waals surface area contributed by atoms with Crippen molar-refractivity contribution in [1.29, 1.82) is 0 Å². The van der Waals surface area contributed by atoms with Gasteiger partial charge in [-0.15, -0.1) is 0 Å². The lowest BCUT2D eigenvalue weighted by Crippen LogP contribution is -2.38. The topological polar surface area (TPSA) is 30.5 Å². The zero-order chi connectivity index (χ0) is 12.0. The van der Waals surface area contributed by atoms with Crippen LogP contribution >= 0.6 is 0 Å². The van der Waals surface area contributed by atoms with Crippen LogP contribution in [0.2, 0.25) is 0 Å². The number of methoxy groups -OCH3 is 1. The molecule has 0 aromatic heterocycles. The van der Waals surface area contributed by atoms with Crippen molar-refractivity contribution in [1.82, 2.24) is 5.32 Å². The zero-order valence-electron chi connectivity index (χ0n) is 10.5. The average Bonchev–Trinajstić information content (AvgIpc) is 2.31. The molecule has 0 radical (unpaired) electrons. The molecule has 0 saturated heterocycles. The lowest BCUT2D eigenvalue weighted by atomic mass is 10.1. The van der Waals surface area contributed by atoms with Gasteiger partial charge in [-0.1, -0.05) is 6.92 Å². The third-order valence-electron chi connectivity index (χ3n) is 2.76. The Kier molecular flexibility index (Phi) is 5.12. The predicted molar refractivity (Wildman–Crippen MR) is 66.2 cm³/mol. The molecule has 0 bridgehead atoms. The first-order valence-corrected chi connectivity index (χ1v) is 5.69. The third kappa shape index (κ3) is 3.42. The van der Waals surface area contributed by atoms with Gasteiger partial charge in [-0.3, -0.25) is 0 Å². The molecule has 2 unspecified atom stereocenters. The SMILES string of the molecule is CCC(NC)C(C)Oc1ccc(OC)cc1. The van der Waals surface area contributed by atoms with Crippen molar-refractivity contribution in [3.05, 3.63) is 24.3 Å². The van der Waals surface area contributed by atoms with E-state index in [0.29, 0.717) is 6.04 Å². The molecule has 0 aliphatic carbocycles. The molecule has 0 aliphatic rings. The van der Waals surface area contributed by atoms with E-state index < -0.39 is 0 Å². The molecule has 1 aromatic rings. The van der Waals surface area contributed by atoms with Crippen molar-refractivity contribution in [2.75, 3.05) is 14.2 Å². The summed E-state index contributed by atoms with van der Waals surface area (Å²) in [6.45, 7) is 4.23. The number of hydrogen-bond acceptors (Lipinski definition) is 3. The molecular weight excluding hydrogens is 202 g/mol. The minimum absolute atomic E-state index is 0.156. The molecule has 0 heterocycles. The average molecular weight is 223 g/mol. The lowest BCUT2D eigenvalue weighted by molar-refractivity contribution is 0.172. The summed E-state index contributed by atoms with van der Waals surface area (Å²) in [7, 11) is 3.62. The van der Waals surface area contributed by atoms with E-state index in [1.807, 2.05) is 31.3 Å². The molecule has 1 aromatic carbocycles. The van der Waals surface area contributed by atoms with E-state index in [1.54, 1.807) is 7.11 Å². The van der Waals surface area contributed by atoms with Crippen molar-refractivity contribution in [3.8, 4) is 11.5 Å². The number of rotatable bonds is 6. The van der Waals surface area contributed by atoms with Gasteiger partial charge in [0.25, 0.3) is 0 Å². The van der Waals surface area contributed by atoms with E-state index in [-0.39, 0.29) is 6.10 Å². The predicted octanol–water partition coefficient (Wildman–Crippen LogP) is 2.46. The second-order valence-corrected chi connectivity index (χ2v) is 3.80. The molecule has 0 spiro atoms. The van der Waals surface area contributed by atoms with Crippen LogP contribution in [0.25, 0.3) is 0 Å². The molecule has 1 rings (SSSR count). The van der Waals surface area contributed by atoms with Crippen molar-refractivity contribution < 1.29 is 9.47 Å². The van der Waals surface area contributed by atoms with Crippen LogP contribution in [0.4, 0.5) is 0 Å². The molecule has 3 heteroatoms. The summed E-state index contributed by atoms with van der Waals surface area (Å²) in [6, 6.07) is 8.04. The fourth-order valence-corrected chi connectivity index (χ4v) is 1.72. The van der Waals surface area contributed by atoms with Gasteiger partial charge in [-0.2, -0.15) is 0 Å². The standard InChI is InChI=1S/C13H21NO2/c1-5-13(14-3)10(2)16-12-8-6-11(15-4)7-9-12/h6-10,13-14H,5H2,1-4H3. The van der Waals surface area contributed by atoms with Crippen molar-refractivity contribution in [2.45, 2.75) is 32.4 Å². The Morgan fingerprint density at radius 2 is 1.75 bits per heavy atom. The van der Waals surface area contributed by atoms with Crippen LogP contribution in [0, 0.1) is 0 Å². The Balaban J connectivity index is 2.58. The fourth-order valence-electron chi connectivity index (χ4n) is 1.72. The number of hydrogen-bond donors (Lipinski definition) is 1. The van der Waals surface area contributed by atoms with E-state index in [9.17, 15) is 0 Å². The number of likely N-dealkylation sites (N-methyl/N-ethyl adjacent to an activating group) is 1. The highest BCUT2D eigenvalue weighted by Gasteiger charge is 2.14.